The van der Waals surface area contributed by atoms with Crippen LogP contribution in [0.5, 0.6) is 11.5 Å². The second-order valence-electron chi connectivity index (χ2n) is 4.59. The van der Waals surface area contributed by atoms with Gasteiger partial charge in [-0.25, -0.2) is 4.79 Å². The molecule has 1 aromatic heterocycles. The number of thiophene rings is 1. The van der Waals surface area contributed by atoms with Crippen LogP contribution < -0.4 is 9.47 Å². The quantitative estimate of drug-likeness (QED) is 0.602. The number of hydrogen-bond acceptors (Lipinski definition) is 6. The molecule has 23 heavy (non-hydrogen) atoms. The number of rotatable bonds is 4. The molecule has 0 unspecified atom stereocenters. The fourth-order valence-electron chi connectivity index (χ4n) is 1.98. The van der Waals surface area contributed by atoms with Crippen molar-refractivity contribution in [1.82, 2.24) is 0 Å². The van der Waals surface area contributed by atoms with Crippen LogP contribution >= 0.6 is 34.5 Å². The van der Waals surface area contributed by atoms with Gasteiger partial charge in [0.1, 0.15) is 13.2 Å². The zero-order chi connectivity index (χ0) is 16.4. The summed E-state index contributed by atoms with van der Waals surface area (Å²) in [5, 5.41) is 0.255. The van der Waals surface area contributed by atoms with Gasteiger partial charge in [-0.15, -0.1) is 11.3 Å². The summed E-state index contributed by atoms with van der Waals surface area (Å²) in [6, 6.07) is 6.10. The van der Waals surface area contributed by atoms with Crippen molar-refractivity contribution in [2.24, 2.45) is 0 Å². The molecule has 2 heterocycles. The molecular formula is C15H10Cl2O5S. The molecule has 0 saturated carbocycles. The summed E-state index contributed by atoms with van der Waals surface area (Å²) >= 11 is 13.0. The van der Waals surface area contributed by atoms with Crippen LogP contribution in [-0.4, -0.2) is 31.6 Å². The zero-order valence-corrected chi connectivity index (χ0v) is 14.0. The first-order valence-electron chi connectivity index (χ1n) is 6.59. The van der Waals surface area contributed by atoms with Crippen molar-refractivity contribution in [2.75, 3.05) is 19.8 Å². The van der Waals surface area contributed by atoms with Crippen molar-refractivity contribution in [3.05, 3.63) is 44.1 Å². The van der Waals surface area contributed by atoms with Crippen LogP contribution in [-0.2, 0) is 4.74 Å². The summed E-state index contributed by atoms with van der Waals surface area (Å²) in [5.41, 5.74) is 0.191. The molecule has 0 atom stereocenters. The van der Waals surface area contributed by atoms with E-state index >= 15 is 0 Å². The smallest absolute Gasteiger partial charge is 0.338 e. The highest BCUT2D eigenvalue weighted by Crippen LogP contribution is 2.38. The summed E-state index contributed by atoms with van der Waals surface area (Å²) in [6.07, 6.45) is 0. The van der Waals surface area contributed by atoms with Crippen molar-refractivity contribution in [2.45, 2.75) is 0 Å². The number of carbonyl (C=O) groups is 2. The lowest BCUT2D eigenvalue weighted by Gasteiger charge is -2.19. The first-order valence-corrected chi connectivity index (χ1v) is 8.16. The van der Waals surface area contributed by atoms with Crippen molar-refractivity contribution < 1.29 is 23.8 Å². The van der Waals surface area contributed by atoms with Crippen LogP contribution in [0.2, 0.25) is 9.36 Å². The maximum Gasteiger partial charge on any atom is 0.338 e. The second-order valence-corrected chi connectivity index (χ2v) is 6.71. The van der Waals surface area contributed by atoms with E-state index in [-0.39, 0.29) is 23.0 Å². The van der Waals surface area contributed by atoms with Gasteiger partial charge in [0.25, 0.3) is 0 Å². The van der Waals surface area contributed by atoms with Crippen molar-refractivity contribution >= 4 is 46.3 Å². The third-order valence-electron chi connectivity index (χ3n) is 3.01. The fraction of sp³-hybridized carbons (Fsp3) is 0.200. The topological polar surface area (TPSA) is 61.8 Å². The van der Waals surface area contributed by atoms with Gasteiger partial charge in [0.2, 0.25) is 5.78 Å². The number of benzene rings is 1. The molecule has 1 aliphatic rings. The number of carbonyl (C=O) groups excluding carboxylic acids is 2. The predicted molar refractivity (Wildman–Crippen MR) is 86.4 cm³/mol. The lowest BCUT2D eigenvalue weighted by Crippen LogP contribution is -2.17. The SMILES string of the molecule is O=C(OCC(=O)c1ccc(Cl)s1)c1cc(Cl)c2c(c1)OCCO2. The van der Waals surface area contributed by atoms with Crippen molar-refractivity contribution in [3.63, 3.8) is 0 Å². The Hall–Kier alpha value is -1.76. The molecule has 8 heteroatoms. The van der Waals surface area contributed by atoms with Gasteiger partial charge in [-0.05, 0) is 24.3 Å². The third kappa shape index (κ3) is 3.60. The van der Waals surface area contributed by atoms with Crippen LogP contribution in [0.4, 0.5) is 0 Å². The highest BCUT2D eigenvalue weighted by molar-refractivity contribution is 7.18. The minimum atomic E-state index is -0.667. The maximum absolute atomic E-state index is 12.1. The Bertz CT molecular complexity index is 771. The lowest BCUT2D eigenvalue weighted by atomic mass is 10.2. The molecule has 0 amide bonds. The van der Waals surface area contributed by atoms with E-state index in [1.54, 1.807) is 12.1 Å². The van der Waals surface area contributed by atoms with Crippen LogP contribution in [0.1, 0.15) is 20.0 Å². The van der Waals surface area contributed by atoms with E-state index in [0.29, 0.717) is 33.9 Å². The average molecular weight is 373 g/mol. The lowest BCUT2D eigenvalue weighted by molar-refractivity contribution is 0.0475. The normalized spacial score (nSPS) is 12.8. The molecule has 0 aliphatic carbocycles. The molecule has 0 bridgehead atoms. The molecule has 0 spiro atoms. The van der Waals surface area contributed by atoms with Gasteiger partial charge in [-0.2, -0.15) is 0 Å². The van der Waals surface area contributed by atoms with E-state index in [1.807, 2.05) is 0 Å². The predicted octanol–water partition coefficient (Wildman–Crippen LogP) is 3.87. The molecule has 0 radical (unpaired) electrons. The molecule has 1 aromatic carbocycles. The fourth-order valence-corrected chi connectivity index (χ4v) is 3.21. The summed E-state index contributed by atoms with van der Waals surface area (Å²) in [5.74, 6) is -0.204. The average Bonchev–Trinajstić information content (AvgIpc) is 2.99. The first kappa shape index (κ1) is 16.1. The highest BCUT2D eigenvalue weighted by Gasteiger charge is 2.21. The number of fused-ring (bicyclic) bond motifs is 1. The highest BCUT2D eigenvalue weighted by atomic mass is 35.5. The summed E-state index contributed by atoms with van der Waals surface area (Å²) in [4.78, 5) is 24.4. The summed E-state index contributed by atoms with van der Waals surface area (Å²) in [6.45, 7) is 0.398. The van der Waals surface area contributed by atoms with Gasteiger partial charge in [-0.3, -0.25) is 4.79 Å². The minimum Gasteiger partial charge on any atom is -0.486 e. The molecule has 120 valence electrons. The largest absolute Gasteiger partial charge is 0.486 e. The van der Waals surface area contributed by atoms with Gasteiger partial charge >= 0.3 is 5.97 Å². The molecule has 0 saturated heterocycles. The Labute approximate surface area is 145 Å². The summed E-state index contributed by atoms with van der Waals surface area (Å²) in [7, 11) is 0. The zero-order valence-electron chi connectivity index (χ0n) is 11.6. The Kier molecular flexibility index (Phi) is 4.75. The number of esters is 1. The van der Waals surface area contributed by atoms with Gasteiger partial charge < -0.3 is 14.2 Å². The van der Waals surface area contributed by atoms with Crippen LogP contribution in [0.3, 0.4) is 0 Å². The summed E-state index contributed by atoms with van der Waals surface area (Å²) < 4.78 is 16.3. The molecule has 5 nitrogen and oxygen atoms in total. The number of ketones is 1. The minimum absolute atomic E-state index is 0.191. The van der Waals surface area contributed by atoms with Gasteiger partial charge in [0.05, 0.1) is 19.8 Å². The molecule has 0 N–H and O–H groups in total. The number of ether oxygens (including phenoxy) is 3. The van der Waals surface area contributed by atoms with Gasteiger partial charge in [0.15, 0.2) is 18.1 Å². The molecule has 2 aromatic rings. The Morgan fingerprint density at radius 1 is 1.17 bits per heavy atom. The number of Topliss-reactive ketones (excluding diaryl/α,β-unsaturated/α-hetero) is 1. The van der Waals surface area contributed by atoms with Gasteiger partial charge in [0, 0.05) is 0 Å². The van der Waals surface area contributed by atoms with E-state index in [4.69, 9.17) is 37.4 Å². The van der Waals surface area contributed by atoms with Crippen molar-refractivity contribution in [1.29, 1.82) is 0 Å². The molecule has 0 fully saturated rings. The van der Waals surface area contributed by atoms with Crippen LogP contribution in [0.25, 0.3) is 0 Å². The first-order chi connectivity index (χ1) is 11.0. The van der Waals surface area contributed by atoms with Crippen LogP contribution in [0.15, 0.2) is 24.3 Å². The second kappa shape index (κ2) is 6.78. The number of hydrogen-bond donors (Lipinski definition) is 0. The van der Waals surface area contributed by atoms with Crippen LogP contribution in [0, 0.1) is 0 Å². The van der Waals surface area contributed by atoms with Gasteiger partial charge in [-0.1, -0.05) is 23.2 Å². The maximum atomic E-state index is 12.1. The monoisotopic (exact) mass is 372 g/mol. The third-order valence-corrected chi connectivity index (χ3v) is 4.57. The van der Waals surface area contributed by atoms with E-state index in [1.165, 1.54) is 12.1 Å². The van der Waals surface area contributed by atoms with E-state index in [2.05, 4.69) is 0 Å². The molecule has 3 rings (SSSR count). The van der Waals surface area contributed by atoms with E-state index < -0.39 is 5.97 Å². The Morgan fingerprint density at radius 2 is 1.96 bits per heavy atom. The Balaban J connectivity index is 1.69. The Morgan fingerprint density at radius 3 is 2.70 bits per heavy atom. The standard InChI is InChI=1S/C15H10Cl2O5S/c16-9-5-8(6-11-14(9)21-4-3-20-11)15(19)22-7-10(18)12-1-2-13(17)23-12/h1-2,5-6H,3-4,7H2. The van der Waals surface area contributed by atoms with E-state index in [0.717, 1.165) is 11.3 Å². The molecule has 1 aliphatic heterocycles. The van der Waals surface area contributed by atoms with Crippen molar-refractivity contribution in [3.8, 4) is 11.5 Å². The van der Waals surface area contributed by atoms with E-state index in [9.17, 15) is 9.59 Å². The molecular weight excluding hydrogens is 363 g/mol. The number of halogens is 2.